The third-order valence-electron chi connectivity index (χ3n) is 6.36. The van der Waals surface area contributed by atoms with E-state index in [0.717, 1.165) is 48.6 Å². The van der Waals surface area contributed by atoms with E-state index in [1.165, 1.54) is 0 Å². The fraction of sp³-hybridized carbons (Fsp3) is 0.207. The second kappa shape index (κ2) is 11.0. The summed E-state index contributed by atoms with van der Waals surface area (Å²) in [6.45, 7) is 1.84. The molecule has 1 aliphatic rings. The zero-order valence-corrected chi connectivity index (χ0v) is 20.0. The lowest BCUT2D eigenvalue weighted by Gasteiger charge is -2.31. The molecule has 7 nitrogen and oxygen atoms in total. The minimum absolute atomic E-state index is 0.0242. The monoisotopic (exact) mass is 479 g/mol. The van der Waals surface area contributed by atoms with Crippen LogP contribution in [0.3, 0.4) is 0 Å². The van der Waals surface area contributed by atoms with Crippen molar-refractivity contribution in [2.24, 2.45) is 0 Å². The van der Waals surface area contributed by atoms with E-state index in [4.69, 9.17) is 5.10 Å². The summed E-state index contributed by atoms with van der Waals surface area (Å²) in [7, 11) is 0. The minimum Gasteiger partial charge on any atom is -0.348 e. The molecule has 2 heterocycles. The molecule has 0 bridgehead atoms. The first-order chi connectivity index (χ1) is 17.7. The molecular weight excluding hydrogens is 450 g/mol. The molecule has 3 aromatic carbocycles. The van der Waals surface area contributed by atoms with Gasteiger partial charge in [-0.15, -0.1) is 0 Å². The predicted octanol–water partition coefficient (Wildman–Crippen LogP) is 4.37. The first kappa shape index (κ1) is 23.5. The van der Waals surface area contributed by atoms with Crippen LogP contribution in [0.2, 0.25) is 0 Å². The molecule has 0 saturated carbocycles. The van der Waals surface area contributed by atoms with Gasteiger partial charge in [0, 0.05) is 30.4 Å². The lowest BCUT2D eigenvalue weighted by atomic mass is 10.0. The quantitative estimate of drug-likeness (QED) is 0.413. The molecule has 0 atom stereocenters. The van der Waals surface area contributed by atoms with Gasteiger partial charge in [0.1, 0.15) is 5.69 Å². The molecule has 182 valence electrons. The van der Waals surface area contributed by atoms with Crippen LogP contribution in [0.1, 0.15) is 23.3 Å². The summed E-state index contributed by atoms with van der Waals surface area (Å²) in [6, 6.07) is 30.9. The maximum atomic E-state index is 13.4. The number of amides is 2. The van der Waals surface area contributed by atoms with E-state index >= 15 is 0 Å². The molecule has 7 heteroatoms. The Morgan fingerprint density at radius 2 is 1.44 bits per heavy atom. The minimum atomic E-state index is -0.145. The summed E-state index contributed by atoms with van der Waals surface area (Å²) in [4.78, 5) is 27.9. The summed E-state index contributed by atoms with van der Waals surface area (Å²) >= 11 is 0. The molecular formula is C29H29N5O2. The third-order valence-corrected chi connectivity index (χ3v) is 6.36. The van der Waals surface area contributed by atoms with Crippen molar-refractivity contribution < 1.29 is 9.59 Å². The number of carbonyl (C=O) groups is 2. The van der Waals surface area contributed by atoms with E-state index < -0.39 is 0 Å². The Labute approximate surface area is 210 Å². The maximum Gasteiger partial charge on any atom is 0.270 e. The standard InChI is InChI=1S/C29H29N5O2/c35-28(30-23-12-6-2-7-13-23)21-33-18-16-24(17-19-33)31-29(36)27-20-26(22-10-4-1-5-11-22)32-34(27)25-14-8-3-9-15-25/h1-15,20,24H,16-19,21H2,(H,30,35)(H,31,36). The van der Waals surface area contributed by atoms with Crippen LogP contribution in [-0.2, 0) is 4.79 Å². The zero-order chi connectivity index (χ0) is 24.7. The van der Waals surface area contributed by atoms with E-state index in [0.29, 0.717) is 12.2 Å². The number of nitrogens with one attached hydrogen (secondary N) is 2. The molecule has 2 N–H and O–H groups in total. The van der Waals surface area contributed by atoms with Gasteiger partial charge in [0.25, 0.3) is 5.91 Å². The van der Waals surface area contributed by atoms with Gasteiger partial charge in [0.05, 0.1) is 17.9 Å². The van der Waals surface area contributed by atoms with Gasteiger partial charge in [-0.05, 0) is 43.2 Å². The van der Waals surface area contributed by atoms with Crippen molar-refractivity contribution in [2.45, 2.75) is 18.9 Å². The average Bonchev–Trinajstić information content (AvgIpc) is 3.37. The van der Waals surface area contributed by atoms with E-state index in [1.54, 1.807) is 4.68 Å². The second-order valence-electron chi connectivity index (χ2n) is 8.97. The number of piperidine rings is 1. The summed E-state index contributed by atoms with van der Waals surface area (Å²) in [5.74, 6) is -0.169. The number of para-hydroxylation sites is 2. The van der Waals surface area contributed by atoms with Crippen molar-refractivity contribution in [1.82, 2.24) is 20.0 Å². The number of hydrogen-bond donors (Lipinski definition) is 2. The number of carbonyl (C=O) groups excluding carboxylic acids is 2. The normalized spacial score (nSPS) is 14.3. The predicted molar refractivity (Wildman–Crippen MR) is 141 cm³/mol. The van der Waals surface area contributed by atoms with Crippen LogP contribution in [0.5, 0.6) is 0 Å². The molecule has 5 rings (SSSR count). The van der Waals surface area contributed by atoms with Crippen molar-refractivity contribution in [1.29, 1.82) is 0 Å². The first-order valence-electron chi connectivity index (χ1n) is 12.2. The first-order valence-corrected chi connectivity index (χ1v) is 12.2. The number of benzene rings is 3. The highest BCUT2D eigenvalue weighted by molar-refractivity contribution is 5.94. The lowest BCUT2D eigenvalue weighted by Crippen LogP contribution is -2.46. The van der Waals surface area contributed by atoms with Crippen LogP contribution in [0, 0.1) is 0 Å². The zero-order valence-electron chi connectivity index (χ0n) is 20.0. The smallest absolute Gasteiger partial charge is 0.270 e. The van der Waals surface area contributed by atoms with Gasteiger partial charge in [-0.3, -0.25) is 14.5 Å². The van der Waals surface area contributed by atoms with Crippen LogP contribution >= 0.6 is 0 Å². The number of hydrogen-bond acceptors (Lipinski definition) is 4. The molecule has 1 aliphatic heterocycles. The summed E-state index contributed by atoms with van der Waals surface area (Å²) in [5.41, 5.74) is 3.86. The van der Waals surface area contributed by atoms with Crippen molar-refractivity contribution in [3.8, 4) is 16.9 Å². The van der Waals surface area contributed by atoms with E-state index in [9.17, 15) is 9.59 Å². The van der Waals surface area contributed by atoms with Crippen LogP contribution < -0.4 is 10.6 Å². The number of anilines is 1. The molecule has 0 unspecified atom stereocenters. The van der Waals surface area contributed by atoms with E-state index in [2.05, 4.69) is 15.5 Å². The van der Waals surface area contributed by atoms with Gasteiger partial charge >= 0.3 is 0 Å². The Hall–Kier alpha value is -4.23. The molecule has 1 fully saturated rings. The number of rotatable bonds is 7. The molecule has 1 aromatic heterocycles. The van der Waals surface area contributed by atoms with Gasteiger partial charge in [0.2, 0.25) is 5.91 Å². The van der Waals surface area contributed by atoms with Crippen LogP contribution in [-0.4, -0.2) is 52.2 Å². The molecule has 4 aromatic rings. The second-order valence-corrected chi connectivity index (χ2v) is 8.97. The Balaban J connectivity index is 1.22. The maximum absolute atomic E-state index is 13.4. The highest BCUT2D eigenvalue weighted by Gasteiger charge is 2.25. The van der Waals surface area contributed by atoms with Crippen molar-refractivity contribution >= 4 is 17.5 Å². The lowest BCUT2D eigenvalue weighted by molar-refractivity contribution is -0.117. The molecule has 2 amide bonds. The summed E-state index contributed by atoms with van der Waals surface area (Å²) < 4.78 is 1.71. The van der Waals surface area contributed by atoms with Gasteiger partial charge in [0.15, 0.2) is 0 Å². The van der Waals surface area contributed by atoms with E-state index in [-0.39, 0.29) is 17.9 Å². The molecule has 0 radical (unpaired) electrons. The van der Waals surface area contributed by atoms with Gasteiger partial charge in [-0.25, -0.2) is 4.68 Å². The van der Waals surface area contributed by atoms with Crippen LogP contribution in [0.15, 0.2) is 97.1 Å². The van der Waals surface area contributed by atoms with Gasteiger partial charge < -0.3 is 10.6 Å². The fourth-order valence-corrected chi connectivity index (χ4v) is 4.48. The van der Waals surface area contributed by atoms with Crippen LogP contribution in [0.25, 0.3) is 16.9 Å². The Kier molecular flexibility index (Phi) is 7.19. The highest BCUT2D eigenvalue weighted by atomic mass is 16.2. The van der Waals surface area contributed by atoms with Gasteiger partial charge in [-0.2, -0.15) is 5.10 Å². The molecule has 0 spiro atoms. The number of likely N-dealkylation sites (tertiary alicyclic amines) is 1. The Morgan fingerprint density at radius 1 is 0.833 bits per heavy atom. The summed E-state index contributed by atoms with van der Waals surface area (Å²) in [6.07, 6.45) is 1.57. The number of nitrogens with zero attached hydrogens (tertiary/aromatic N) is 3. The summed E-state index contributed by atoms with van der Waals surface area (Å²) in [5, 5.41) is 10.9. The average molecular weight is 480 g/mol. The largest absolute Gasteiger partial charge is 0.348 e. The van der Waals surface area contributed by atoms with Gasteiger partial charge in [-0.1, -0.05) is 66.7 Å². The van der Waals surface area contributed by atoms with Crippen molar-refractivity contribution in [3.63, 3.8) is 0 Å². The highest BCUT2D eigenvalue weighted by Crippen LogP contribution is 2.22. The topological polar surface area (TPSA) is 79.3 Å². The SMILES string of the molecule is O=C(CN1CCC(NC(=O)c2cc(-c3ccccc3)nn2-c2ccccc2)CC1)Nc1ccccc1. The fourth-order valence-electron chi connectivity index (χ4n) is 4.48. The molecule has 0 aliphatic carbocycles. The third kappa shape index (κ3) is 5.70. The Bertz CT molecular complexity index is 1300. The Morgan fingerprint density at radius 3 is 2.11 bits per heavy atom. The van der Waals surface area contributed by atoms with Crippen molar-refractivity contribution in [2.75, 3.05) is 25.0 Å². The molecule has 36 heavy (non-hydrogen) atoms. The van der Waals surface area contributed by atoms with E-state index in [1.807, 2.05) is 97.1 Å². The van der Waals surface area contributed by atoms with Crippen LogP contribution in [0.4, 0.5) is 5.69 Å². The number of aromatic nitrogens is 2. The molecule has 1 saturated heterocycles. The van der Waals surface area contributed by atoms with Crippen molar-refractivity contribution in [3.05, 3.63) is 103 Å².